The number of nitrogens with one attached hydrogen (secondary N) is 4. The summed E-state index contributed by atoms with van der Waals surface area (Å²) in [6.45, 7) is 28.7. The number of likely N-dealkylation sites (N-methyl/N-ethyl adjacent to an activating group) is 1. The number of H-pyrrole nitrogens is 1. The molecule has 0 spiro atoms. The van der Waals surface area contributed by atoms with Gasteiger partial charge in [0.25, 0.3) is 5.91 Å². The van der Waals surface area contributed by atoms with Gasteiger partial charge in [0, 0.05) is 30.2 Å². The molecule has 5 rings (SSSR count). The van der Waals surface area contributed by atoms with Crippen molar-refractivity contribution in [2.45, 2.75) is 137 Å². The third-order valence-electron chi connectivity index (χ3n) is 10.6. The fourth-order valence-electron chi connectivity index (χ4n) is 8.02. The molecule has 1 saturated heterocycles. The summed E-state index contributed by atoms with van der Waals surface area (Å²) in [5.74, 6) is 1.21. The van der Waals surface area contributed by atoms with Crippen molar-refractivity contribution in [1.82, 2.24) is 41.5 Å². The summed E-state index contributed by atoms with van der Waals surface area (Å²) in [4.78, 5) is 28.5. The fraction of sp³-hybridized carbons (Fsp3) is 0.591. The Balaban J connectivity index is 0.00000155. The van der Waals surface area contributed by atoms with Crippen molar-refractivity contribution in [2.24, 2.45) is 11.8 Å². The summed E-state index contributed by atoms with van der Waals surface area (Å²) in [5.41, 5.74) is 4.95. The minimum absolute atomic E-state index is 0.00647. The first kappa shape index (κ1) is 45.0. The Morgan fingerprint density at radius 1 is 1.16 bits per heavy atom. The first-order valence-electron chi connectivity index (χ1n) is 20.5. The molecule has 4 N–H and O–H groups in total. The maximum atomic E-state index is 13.6. The number of benzene rings is 1. The van der Waals surface area contributed by atoms with Crippen LogP contribution in [0.3, 0.4) is 0 Å². The van der Waals surface area contributed by atoms with Crippen LogP contribution < -0.4 is 16.0 Å². The van der Waals surface area contributed by atoms with Gasteiger partial charge in [-0.2, -0.15) is 10.5 Å². The molecule has 11 heteroatoms. The van der Waals surface area contributed by atoms with E-state index in [9.17, 15) is 14.9 Å². The molecule has 1 aliphatic heterocycles. The molecule has 2 amide bonds. The van der Waals surface area contributed by atoms with E-state index >= 15 is 0 Å². The van der Waals surface area contributed by atoms with Crippen molar-refractivity contribution in [3.8, 4) is 6.07 Å². The summed E-state index contributed by atoms with van der Waals surface area (Å²) in [6.07, 6.45) is 11.8. The predicted octanol–water partition coefficient (Wildman–Crippen LogP) is 7.12. The van der Waals surface area contributed by atoms with E-state index in [1.807, 2.05) is 56.9 Å². The van der Waals surface area contributed by atoms with Gasteiger partial charge in [-0.3, -0.25) is 9.59 Å². The Bertz CT molecular complexity index is 1690. The zero-order chi connectivity index (χ0) is 40.7. The van der Waals surface area contributed by atoms with E-state index in [-0.39, 0.29) is 42.5 Å². The lowest BCUT2D eigenvalue weighted by Gasteiger charge is -2.37. The SMILES string of the molecule is C=CC1=C(/C=C\CCC(=C)CNCC)C(CC(C)NCC(=O)N2C(C#N)CC3C(C)C32)(c2nn[nH]n2)c2ccc(C(=O)NC(C)C)cc2CC1.CC.CCC. The zero-order valence-corrected chi connectivity index (χ0v) is 35.0. The van der Waals surface area contributed by atoms with Crippen LogP contribution in [0.25, 0.3) is 0 Å². The van der Waals surface area contributed by atoms with Gasteiger partial charge >= 0.3 is 0 Å². The maximum Gasteiger partial charge on any atom is 0.251 e. The normalized spacial score (nSPS) is 23.0. The van der Waals surface area contributed by atoms with Crippen molar-refractivity contribution in [1.29, 1.82) is 5.26 Å². The van der Waals surface area contributed by atoms with E-state index < -0.39 is 5.41 Å². The summed E-state index contributed by atoms with van der Waals surface area (Å²) in [6, 6.07) is 7.86. The number of nitriles is 1. The monoisotopic (exact) mass is 754 g/mol. The Labute approximate surface area is 330 Å². The van der Waals surface area contributed by atoms with E-state index in [2.05, 4.69) is 103 Å². The second kappa shape index (κ2) is 21.6. The number of aromatic amines is 1. The summed E-state index contributed by atoms with van der Waals surface area (Å²) < 4.78 is 0. The number of hydrogen-bond donors (Lipinski definition) is 4. The van der Waals surface area contributed by atoms with Gasteiger partial charge in [0.05, 0.1) is 18.0 Å². The highest BCUT2D eigenvalue weighted by molar-refractivity contribution is 5.94. The predicted molar refractivity (Wildman–Crippen MR) is 222 cm³/mol. The third kappa shape index (κ3) is 10.9. The van der Waals surface area contributed by atoms with Gasteiger partial charge in [-0.1, -0.05) is 96.2 Å². The lowest BCUT2D eigenvalue weighted by Crippen LogP contribution is -2.47. The molecule has 2 aromatic rings. The van der Waals surface area contributed by atoms with E-state index in [1.54, 1.807) is 0 Å². The van der Waals surface area contributed by atoms with E-state index in [4.69, 9.17) is 0 Å². The van der Waals surface area contributed by atoms with Crippen LogP contribution in [0.2, 0.25) is 0 Å². The van der Waals surface area contributed by atoms with Gasteiger partial charge in [0.2, 0.25) is 5.91 Å². The highest BCUT2D eigenvalue weighted by Crippen LogP contribution is 2.53. The number of fused-ring (bicyclic) bond motifs is 2. The van der Waals surface area contributed by atoms with Crippen molar-refractivity contribution in [3.05, 3.63) is 88.8 Å². The van der Waals surface area contributed by atoms with Gasteiger partial charge < -0.3 is 20.9 Å². The minimum atomic E-state index is -0.888. The van der Waals surface area contributed by atoms with Gasteiger partial charge in [-0.25, -0.2) is 0 Å². The van der Waals surface area contributed by atoms with Crippen LogP contribution in [-0.2, 0) is 16.6 Å². The van der Waals surface area contributed by atoms with Crippen LogP contribution >= 0.6 is 0 Å². The number of amides is 2. The van der Waals surface area contributed by atoms with Crippen molar-refractivity contribution in [3.63, 3.8) is 0 Å². The molecular weight excluding hydrogens is 687 g/mol. The Kier molecular flexibility index (Phi) is 17.7. The molecule has 0 bridgehead atoms. The lowest BCUT2D eigenvalue weighted by atomic mass is 9.67. The van der Waals surface area contributed by atoms with E-state index in [0.717, 1.165) is 60.2 Å². The zero-order valence-electron chi connectivity index (χ0n) is 35.0. The van der Waals surface area contributed by atoms with Crippen LogP contribution in [0.1, 0.15) is 128 Å². The third-order valence-corrected chi connectivity index (χ3v) is 10.6. The molecule has 300 valence electrons. The van der Waals surface area contributed by atoms with Crippen LogP contribution in [0, 0.1) is 23.2 Å². The fourth-order valence-corrected chi connectivity index (χ4v) is 8.02. The largest absolute Gasteiger partial charge is 0.350 e. The Morgan fingerprint density at radius 2 is 1.89 bits per heavy atom. The maximum absolute atomic E-state index is 13.6. The number of aryl methyl sites for hydroxylation is 1. The molecule has 1 saturated carbocycles. The number of likely N-dealkylation sites (tertiary alicyclic amines) is 1. The molecule has 2 fully saturated rings. The molecule has 6 unspecified atom stereocenters. The summed E-state index contributed by atoms with van der Waals surface area (Å²) in [7, 11) is 0. The molecule has 0 radical (unpaired) electrons. The number of carbonyl (C=O) groups is 2. The second-order valence-corrected chi connectivity index (χ2v) is 15.1. The van der Waals surface area contributed by atoms with Gasteiger partial charge in [0.1, 0.15) is 6.04 Å². The van der Waals surface area contributed by atoms with Crippen molar-refractivity contribution in [2.75, 3.05) is 19.6 Å². The summed E-state index contributed by atoms with van der Waals surface area (Å²) in [5, 5.41) is 35.6. The van der Waals surface area contributed by atoms with Crippen LogP contribution in [-0.4, -0.2) is 81.1 Å². The number of rotatable bonds is 16. The van der Waals surface area contributed by atoms with Crippen molar-refractivity contribution >= 4 is 11.8 Å². The van der Waals surface area contributed by atoms with Gasteiger partial charge in [-0.15, -0.1) is 10.2 Å². The highest BCUT2D eigenvalue weighted by atomic mass is 16.2. The number of allylic oxidation sites excluding steroid dienone is 5. The van der Waals surface area contributed by atoms with Crippen LogP contribution in [0.5, 0.6) is 0 Å². The topological polar surface area (TPSA) is 152 Å². The first-order chi connectivity index (χ1) is 26.5. The molecule has 1 aromatic carbocycles. The molecule has 1 aromatic heterocycles. The minimum Gasteiger partial charge on any atom is -0.350 e. The smallest absolute Gasteiger partial charge is 0.251 e. The molecule has 3 aliphatic rings. The first-order valence-corrected chi connectivity index (χ1v) is 20.5. The highest BCUT2D eigenvalue weighted by Gasteiger charge is 2.60. The number of aromatic nitrogens is 4. The van der Waals surface area contributed by atoms with Crippen LogP contribution in [0.15, 0.2) is 66.3 Å². The average molecular weight is 754 g/mol. The molecule has 2 aliphatic carbocycles. The molecule has 6 atom stereocenters. The van der Waals surface area contributed by atoms with Crippen molar-refractivity contribution < 1.29 is 9.59 Å². The number of piperidine rings is 1. The number of carbonyl (C=O) groups excluding carboxylic acids is 2. The van der Waals surface area contributed by atoms with Gasteiger partial charge in [0.15, 0.2) is 5.82 Å². The van der Waals surface area contributed by atoms with Gasteiger partial charge in [-0.05, 0) is 112 Å². The summed E-state index contributed by atoms with van der Waals surface area (Å²) >= 11 is 0. The quantitative estimate of drug-likeness (QED) is 0.132. The second-order valence-electron chi connectivity index (χ2n) is 15.1. The molecule has 55 heavy (non-hydrogen) atoms. The number of hydrogen-bond acceptors (Lipinski definition) is 8. The number of nitrogens with zero attached hydrogens (tertiary/aromatic N) is 5. The van der Waals surface area contributed by atoms with E-state index in [0.29, 0.717) is 42.5 Å². The molecular formula is C44H67N9O2. The number of tetrazole rings is 1. The molecule has 2 heterocycles. The molecule has 11 nitrogen and oxygen atoms in total. The Hall–Kier alpha value is -4.40. The lowest BCUT2D eigenvalue weighted by molar-refractivity contribution is -0.131. The Morgan fingerprint density at radius 3 is 2.51 bits per heavy atom. The van der Waals surface area contributed by atoms with E-state index in [1.165, 1.54) is 6.42 Å². The standard InChI is InChI=1S/C39H53N9O2.C3H8.C2H6/c1-8-28-14-15-29-18-30(37(50)43-24(3)4)16-17-34(29)39(38-44-46-47-45-38,33(28)13-11-10-12-25(5)22-41-9-2)20-26(6)42-23-35(49)48-31(21-40)19-32-27(7)36(32)48;1-3-2;1-2/h8,11,13,16-18,24,26-27,31-32,36,41-42H,1,5,9-10,12,14-15,19-20,22-23H2,2-4,6-7H3,(H,43,50)(H,44,45,46,47);3H2,1-2H3;1-2H3/b13-11-;;. The average Bonchev–Trinajstić information content (AvgIpc) is 3.51. The van der Waals surface area contributed by atoms with Crippen LogP contribution in [0.4, 0.5) is 0 Å².